The fourth-order valence-corrected chi connectivity index (χ4v) is 3.74. The van der Waals surface area contributed by atoms with Crippen LogP contribution < -0.4 is 9.47 Å². The molecule has 1 aromatic heterocycles. The summed E-state index contributed by atoms with van der Waals surface area (Å²) in [5.41, 5.74) is 2.72. The second-order valence-electron chi connectivity index (χ2n) is 8.11. The van der Waals surface area contributed by atoms with Gasteiger partial charge in [0, 0.05) is 45.4 Å². The molecule has 0 unspecified atom stereocenters. The van der Waals surface area contributed by atoms with Gasteiger partial charge in [0.05, 0.1) is 38.6 Å². The summed E-state index contributed by atoms with van der Waals surface area (Å²) in [6, 6.07) is 17.5. The largest absolute Gasteiger partial charge is 0.497 e. The highest BCUT2D eigenvalue weighted by Gasteiger charge is 2.23. The molecule has 0 amide bonds. The van der Waals surface area contributed by atoms with Crippen LogP contribution in [0.5, 0.6) is 17.4 Å². The molecule has 0 aliphatic carbocycles. The zero-order chi connectivity index (χ0) is 25.0. The van der Waals surface area contributed by atoms with E-state index >= 15 is 0 Å². The lowest BCUT2D eigenvalue weighted by Crippen LogP contribution is -2.36. The highest BCUT2D eigenvalue weighted by atomic mass is 16.5. The van der Waals surface area contributed by atoms with Gasteiger partial charge in [-0.05, 0) is 12.1 Å². The second-order valence-corrected chi connectivity index (χ2v) is 8.11. The smallest absolute Gasteiger partial charge is 0.222 e. The number of benzene rings is 2. The van der Waals surface area contributed by atoms with Crippen molar-refractivity contribution in [2.24, 2.45) is 7.05 Å². The number of hydrogen-bond donors (Lipinski definition) is 1. The first-order chi connectivity index (χ1) is 17.0. The molecule has 2 aromatic carbocycles. The summed E-state index contributed by atoms with van der Waals surface area (Å²) in [4.78, 5) is 2.12. The van der Waals surface area contributed by atoms with Gasteiger partial charge in [0.2, 0.25) is 5.88 Å². The Kier molecular flexibility index (Phi) is 10.3. The number of ether oxygens (including phenoxy) is 4. The second kappa shape index (κ2) is 13.7. The minimum absolute atomic E-state index is 0.223. The van der Waals surface area contributed by atoms with E-state index in [0.29, 0.717) is 50.2 Å². The van der Waals surface area contributed by atoms with Gasteiger partial charge in [0.1, 0.15) is 17.2 Å². The molecule has 1 N–H and O–H groups in total. The minimum atomic E-state index is -0.661. The molecular weight excluding hydrogens is 446 g/mol. The number of rotatable bonds is 15. The van der Waals surface area contributed by atoms with Crippen molar-refractivity contribution < 1.29 is 24.1 Å². The van der Waals surface area contributed by atoms with Gasteiger partial charge in [-0.3, -0.25) is 4.90 Å². The van der Waals surface area contributed by atoms with Crippen molar-refractivity contribution >= 4 is 0 Å². The summed E-state index contributed by atoms with van der Waals surface area (Å²) < 4.78 is 24.2. The van der Waals surface area contributed by atoms with Crippen LogP contribution in [0.15, 0.2) is 67.3 Å². The highest BCUT2D eigenvalue weighted by molar-refractivity contribution is 5.65. The van der Waals surface area contributed by atoms with E-state index in [4.69, 9.17) is 24.0 Å². The van der Waals surface area contributed by atoms with Gasteiger partial charge in [-0.2, -0.15) is 5.10 Å². The molecule has 0 radical (unpaired) electrons. The van der Waals surface area contributed by atoms with E-state index in [9.17, 15) is 5.11 Å². The van der Waals surface area contributed by atoms with Crippen LogP contribution in [0, 0.1) is 0 Å². The molecule has 0 aliphatic heterocycles. The lowest BCUT2D eigenvalue weighted by atomic mass is 10.1. The maximum atomic E-state index is 10.6. The zero-order valence-electron chi connectivity index (χ0n) is 20.7. The number of methoxy groups -OCH3 is 2. The van der Waals surface area contributed by atoms with Crippen molar-refractivity contribution in [3.8, 4) is 28.6 Å². The van der Waals surface area contributed by atoms with Gasteiger partial charge in [-0.1, -0.05) is 42.5 Å². The van der Waals surface area contributed by atoms with Gasteiger partial charge in [0.15, 0.2) is 0 Å². The van der Waals surface area contributed by atoms with E-state index in [-0.39, 0.29) is 6.61 Å². The van der Waals surface area contributed by atoms with Gasteiger partial charge in [-0.15, -0.1) is 6.58 Å². The van der Waals surface area contributed by atoms with Gasteiger partial charge in [0.25, 0.3) is 0 Å². The molecular formula is C27H35N3O5. The monoisotopic (exact) mass is 481 g/mol. The Morgan fingerprint density at radius 3 is 2.60 bits per heavy atom. The first-order valence-corrected chi connectivity index (χ1v) is 11.6. The number of aliphatic hydroxyl groups excluding tert-OH is 1. The Morgan fingerprint density at radius 2 is 1.89 bits per heavy atom. The Balaban J connectivity index is 1.94. The topological polar surface area (TPSA) is 78.2 Å². The lowest BCUT2D eigenvalue weighted by Gasteiger charge is -2.25. The number of aromatic nitrogens is 2. The highest BCUT2D eigenvalue weighted by Crippen LogP contribution is 2.35. The van der Waals surface area contributed by atoms with E-state index in [1.165, 1.54) is 0 Å². The minimum Gasteiger partial charge on any atom is -0.497 e. The van der Waals surface area contributed by atoms with Crippen molar-refractivity contribution in [1.82, 2.24) is 14.7 Å². The van der Waals surface area contributed by atoms with Crippen LogP contribution in [0.1, 0.15) is 5.56 Å². The van der Waals surface area contributed by atoms with Gasteiger partial charge in [-0.25, -0.2) is 4.68 Å². The molecule has 0 bridgehead atoms. The van der Waals surface area contributed by atoms with Crippen molar-refractivity contribution in [3.05, 3.63) is 72.8 Å². The third kappa shape index (κ3) is 7.66. The predicted molar refractivity (Wildman–Crippen MR) is 136 cm³/mol. The van der Waals surface area contributed by atoms with Crippen LogP contribution >= 0.6 is 0 Å². The molecule has 0 aliphatic rings. The molecule has 1 atom stereocenters. The average molecular weight is 482 g/mol. The quantitative estimate of drug-likeness (QED) is 0.261. The molecule has 1 heterocycles. The van der Waals surface area contributed by atoms with Crippen molar-refractivity contribution in [2.45, 2.75) is 12.6 Å². The van der Waals surface area contributed by atoms with Gasteiger partial charge < -0.3 is 24.1 Å². The maximum absolute atomic E-state index is 10.6. The SMILES string of the molecule is C=CCOC[C@H](O)CN(CCOC)Cc1c(-c2ccccc2)nn(C)c1Oc1cccc(OC)c1. The van der Waals surface area contributed by atoms with Crippen LogP contribution in [0.3, 0.4) is 0 Å². The molecule has 188 valence electrons. The Bertz CT molecular complexity index is 1050. The van der Waals surface area contributed by atoms with E-state index in [2.05, 4.69) is 11.5 Å². The van der Waals surface area contributed by atoms with E-state index in [0.717, 1.165) is 16.8 Å². The molecule has 0 saturated heterocycles. The van der Waals surface area contributed by atoms with Crippen LogP contribution in [0.2, 0.25) is 0 Å². The third-order valence-electron chi connectivity index (χ3n) is 5.40. The summed E-state index contributed by atoms with van der Waals surface area (Å²) in [7, 11) is 5.15. The van der Waals surface area contributed by atoms with Crippen LogP contribution in [-0.2, 0) is 23.1 Å². The normalized spacial score (nSPS) is 12.0. The summed E-state index contributed by atoms with van der Waals surface area (Å²) in [6.45, 7) is 6.31. The Morgan fingerprint density at radius 1 is 1.11 bits per heavy atom. The number of aliphatic hydroxyl groups is 1. The molecule has 0 saturated carbocycles. The molecule has 0 spiro atoms. The fourth-order valence-electron chi connectivity index (χ4n) is 3.74. The van der Waals surface area contributed by atoms with Crippen LogP contribution in [0.25, 0.3) is 11.3 Å². The third-order valence-corrected chi connectivity index (χ3v) is 5.40. The number of aryl methyl sites for hydroxylation is 1. The summed E-state index contributed by atoms with van der Waals surface area (Å²) >= 11 is 0. The van der Waals surface area contributed by atoms with Crippen molar-refractivity contribution in [1.29, 1.82) is 0 Å². The summed E-state index contributed by atoms with van der Waals surface area (Å²) in [5, 5.41) is 15.4. The van der Waals surface area contributed by atoms with Gasteiger partial charge >= 0.3 is 0 Å². The molecule has 3 aromatic rings. The molecule has 8 heteroatoms. The average Bonchev–Trinajstić information content (AvgIpc) is 3.18. The first-order valence-electron chi connectivity index (χ1n) is 11.6. The lowest BCUT2D eigenvalue weighted by molar-refractivity contribution is 0.0193. The van der Waals surface area contributed by atoms with Crippen molar-refractivity contribution in [3.63, 3.8) is 0 Å². The van der Waals surface area contributed by atoms with E-state index in [1.54, 1.807) is 25.0 Å². The van der Waals surface area contributed by atoms with Crippen molar-refractivity contribution in [2.75, 3.05) is 47.1 Å². The fraction of sp³-hybridized carbons (Fsp3) is 0.370. The molecule has 35 heavy (non-hydrogen) atoms. The molecule has 0 fully saturated rings. The van der Waals surface area contributed by atoms with E-state index < -0.39 is 6.10 Å². The standard InChI is InChI=1S/C27H35N3O5/c1-5-15-34-20-22(31)18-30(14-16-32-3)19-25-26(21-10-7-6-8-11-21)28-29(2)27(25)35-24-13-9-12-23(17-24)33-4/h5-13,17,22,31H,1,14-16,18-20H2,2-4H3/t22-/m1/s1. The summed E-state index contributed by atoms with van der Waals surface area (Å²) in [5.74, 6) is 1.98. The first kappa shape index (κ1) is 26.4. The van der Waals surface area contributed by atoms with Crippen LogP contribution in [0.4, 0.5) is 0 Å². The Hall–Kier alpha value is -3.17. The summed E-state index contributed by atoms with van der Waals surface area (Å²) in [6.07, 6.45) is 1.01. The number of nitrogens with zero attached hydrogens (tertiary/aromatic N) is 3. The molecule has 3 rings (SSSR count). The van der Waals surface area contributed by atoms with Crippen LogP contribution in [-0.4, -0.2) is 73.0 Å². The van der Waals surface area contributed by atoms with E-state index in [1.807, 2.05) is 61.6 Å². The maximum Gasteiger partial charge on any atom is 0.222 e. The Labute approximate surface area is 207 Å². The number of hydrogen-bond acceptors (Lipinski definition) is 7. The zero-order valence-corrected chi connectivity index (χ0v) is 20.7. The predicted octanol–water partition coefficient (Wildman–Crippen LogP) is 3.90. The molecule has 8 nitrogen and oxygen atoms in total.